The molecule has 6 atom stereocenters. The molecule has 6 unspecified atom stereocenters. The standard InChI is InChI=1S/C33H58F2N8O2/c1-2-3-4-7-22-8-5-9-24(34)17-39-27(16-22)29(31(36)37)32(44)40-28-19-38-18-26(35)30(28)42-14-10-23(11-15-42)33(45)43-20-25(21-43)41-12-6-13-41/h22-26,28-31,38H,2-21,36-37H2,1H3,(H,40,44). The zero-order valence-corrected chi connectivity index (χ0v) is 27.4. The Labute approximate surface area is 268 Å². The number of aliphatic imine (C=N–C) groups is 1. The molecule has 256 valence electrons. The summed E-state index contributed by atoms with van der Waals surface area (Å²) in [7, 11) is 0. The number of likely N-dealkylation sites (tertiary alicyclic amines) is 3. The smallest absolute Gasteiger partial charge is 0.232 e. The fraction of sp³-hybridized carbons (Fsp3) is 0.909. The fourth-order valence-electron chi connectivity index (χ4n) is 8.14. The number of piperidine rings is 2. The van der Waals surface area contributed by atoms with Crippen LogP contribution in [0.1, 0.15) is 77.6 Å². The van der Waals surface area contributed by atoms with Gasteiger partial charge in [-0.05, 0) is 70.6 Å². The van der Waals surface area contributed by atoms with Crippen molar-refractivity contribution in [3.8, 4) is 0 Å². The number of halogens is 2. The van der Waals surface area contributed by atoms with Crippen LogP contribution in [0.5, 0.6) is 0 Å². The van der Waals surface area contributed by atoms with E-state index in [2.05, 4.69) is 32.3 Å². The van der Waals surface area contributed by atoms with E-state index >= 15 is 4.39 Å². The molecule has 0 spiro atoms. The first-order valence-corrected chi connectivity index (χ1v) is 17.9. The Bertz CT molecular complexity index is 999. The summed E-state index contributed by atoms with van der Waals surface area (Å²) >= 11 is 0. The first kappa shape index (κ1) is 34.6. The van der Waals surface area contributed by atoms with Gasteiger partial charge in [0.2, 0.25) is 11.8 Å². The highest BCUT2D eigenvalue weighted by Gasteiger charge is 2.44. The number of alkyl halides is 2. The van der Waals surface area contributed by atoms with E-state index in [1.165, 1.54) is 6.42 Å². The molecule has 5 rings (SSSR count). The summed E-state index contributed by atoms with van der Waals surface area (Å²) in [6.45, 7) is 7.99. The molecule has 0 aliphatic carbocycles. The van der Waals surface area contributed by atoms with Crippen molar-refractivity contribution in [2.24, 2.45) is 34.2 Å². The number of unbranched alkanes of at least 4 members (excludes halogenated alkanes) is 2. The van der Waals surface area contributed by atoms with Crippen molar-refractivity contribution in [1.29, 1.82) is 0 Å². The lowest BCUT2D eigenvalue weighted by Crippen LogP contribution is -2.67. The van der Waals surface area contributed by atoms with Crippen molar-refractivity contribution in [1.82, 2.24) is 25.3 Å². The normalized spacial score (nSPS) is 32.1. The van der Waals surface area contributed by atoms with Crippen molar-refractivity contribution in [3.63, 3.8) is 0 Å². The Morgan fingerprint density at radius 1 is 1.00 bits per heavy atom. The third-order valence-corrected chi connectivity index (χ3v) is 11.1. The number of carbonyl (C=O) groups is 2. The third kappa shape index (κ3) is 8.80. The van der Waals surface area contributed by atoms with E-state index < -0.39 is 36.5 Å². The minimum absolute atomic E-state index is 0.0116. The van der Waals surface area contributed by atoms with Crippen LogP contribution in [0, 0.1) is 17.8 Å². The molecule has 4 fully saturated rings. The van der Waals surface area contributed by atoms with Gasteiger partial charge in [-0.15, -0.1) is 0 Å². The molecule has 0 saturated carbocycles. The van der Waals surface area contributed by atoms with Gasteiger partial charge in [0, 0.05) is 43.9 Å². The highest BCUT2D eigenvalue weighted by atomic mass is 19.1. The molecule has 4 saturated heterocycles. The molecule has 12 heteroatoms. The lowest BCUT2D eigenvalue weighted by atomic mass is 9.85. The molecule has 0 radical (unpaired) electrons. The number of hydrogen-bond acceptors (Lipinski definition) is 8. The average Bonchev–Trinajstić information content (AvgIpc) is 3.04. The zero-order valence-electron chi connectivity index (χ0n) is 27.4. The molecule has 0 bridgehead atoms. The Morgan fingerprint density at radius 2 is 1.76 bits per heavy atom. The molecule has 0 aromatic carbocycles. The number of nitrogens with zero attached hydrogens (tertiary/aromatic N) is 4. The van der Waals surface area contributed by atoms with Crippen LogP contribution in [-0.2, 0) is 9.59 Å². The summed E-state index contributed by atoms with van der Waals surface area (Å²) in [5, 5.41) is 6.24. The van der Waals surface area contributed by atoms with Crippen molar-refractivity contribution in [3.05, 3.63) is 0 Å². The Hall–Kier alpha value is -1.73. The highest BCUT2D eigenvalue weighted by Crippen LogP contribution is 2.30. The zero-order chi connectivity index (χ0) is 31.9. The second kappa shape index (κ2) is 16.4. The van der Waals surface area contributed by atoms with E-state index in [1.807, 2.05) is 4.90 Å². The van der Waals surface area contributed by atoms with Crippen LogP contribution < -0.4 is 22.1 Å². The molecule has 0 aromatic rings. The monoisotopic (exact) mass is 636 g/mol. The second-order valence-electron chi connectivity index (χ2n) is 14.4. The van der Waals surface area contributed by atoms with Gasteiger partial charge in [0.05, 0.1) is 24.8 Å². The van der Waals surface area contributed by atoms with E-state index in [-0.39, 0.29) is 30.8 Å². The minimum atomic E-state index is -1.17. The van der Waals surface area contributed by atoms with E-state index in [1.54, 1.807) is 0 Å². The maximum Gasteiger partial charge on any atom is 0.232 e. The number of nitrogens with two attached hydrogens (primary N) is 2. The average molecular weight is 637 g/mol. The number of hydrogen-bond donors (Lipinski definition) is 4. The maximum atomic E-state index is 15.6. The second-order valence-corrected chi connectivity index (χ2v) is 14.4. The Kier molecular flexibility index (Phi) is 12.6. The van der Waals surface area contributed by atoms with E-state index in [4.69, 9.17) is 11.5 Å². The lowest BCUT2D eigenvalue weighted by molar-refractivity contribution is -0.146. The molecule has 2 amide bonds. The van der Waals surface area contributed by atoms with Gasteiger partial charge >= 0.3 is 0 Å². The van der Waals surface area contributed by atoms with Gasteiger partial charge in [0.15, 0.2) is 0 Å². The molecular formula is C33H58F2N8O2. The molecule has 0 aromatic heterocycles. The number of nitrogens with one attached hydrogen (secondary N) is 2. The first-order valence-electron chi connectivity index (χ1n) is 17.9. The van der Waals surface area contributed by atoms with Crippen LogP contribution in [-0.4, -0.2) is 128 Å². The van der Waals surface area contributed by atoms with Gasteiger partial charge < -0.3 is 27.0 Å². The summed E-state index contributed by atoms with van der Waals surface area (Å²) in [4.78, 5) is 38.3. The van der Waals surface area contributed by atoms with E-state index in [0.29, 0.717) is 63.0 Å². The summed E-state index contributed by atoms with van der Waals surface area (Å²) in [6.07, 6.45) is 6.51. The van der Waals surface area contributed by atoms with Crippen molar-refractivity contribution in [2.45, 2.75) is 114 Å². The summed E-state index contributed by atoms with van der Waals surface area (Å²) in [5.41, 5.74) is 13.0. The van der Waals surface area contributed by atoms with Gasteiger partial charge in [0.1, 0.15) is 18.3 Å². The molecule has 5 aliphatic rings. The van der Waals surface area contributed by atoms with Gasteiger partial charge in [-0.3, -0.25) is 24.4 Å². The highest BCUT2D eigenvalue weighted by molar-refractivity contribution is 6.05. The fourth-order valence-corrected chi connectivity index (χ4v) is 8.14. The maximum absolute atomic E-state index is 15.6. The number of amides is 2. The largest absolute Gasteiger partial charge is 0.350 e. The van der Waals surface area contributed by atoms with Gasteiger partial charge in [-0.1, -0.05) is 39.0 Å². The van der Waals surface area contributed by atoms with Gasteiger partial charge in [0.25, 0.3) is 0 Å². The van der Waals surface area contributed by atoms with Crippen LogP contribution in [0.3, 0.4) is 0 Å². The summed E-state index contributed by atoms with van der Waals surface area (Å²) < 4.78 is 30.2. The quantitative estimate of drug-likeness (QED) is 0.201. The lowest BCUT2D eigenvalue weighted by Gasteiger charge is -2.50. The van der Waals surface area contributed by atoms with E-state index in [0.717, 1.165) is 64.7 Å². The third-order valence-electron chi connectivity index (χ3n) is 11.1. The Morgan fingerprint density at radius 3 is 2.42 bits per heavy atom. The molecular weight excluding hydrogens is 578 g/mol. The van der Waals surface area contributed by atoms with Crippen LogP contribution in [0.25, 0.3) is 0 Å². The van der Waals surface area contributed by atoms with Crippen molar-refractivity contribution in [2.75, 3.05) is 58.9 Å². The van der Waals surface area contributed by atoms with E-state index in [9.17, 15) is 14.0 Å². The van der Waals surface area contributed by atoms with Crippen LogP contribution >= 0.6 is 0 Å². The van der Waals surface area contributed by atoms with Crippen LogP contribution in [0.2, 0.25) is 0 Å². The van der Waals surface area contributed by atoms with Gasteiger partial charge in [-0.2, -0.15) is 0 Å². The summed E-state index contributed by atoms with van der Waals surface area (Å²) in [6, 6.07) is -0.489. The number of rotatable bonds is 11. The Balaban J connectivity index is 1.20. The molecule has 10 nitrogen and oxygen atoms in total. The predicted octanol–water partition coefficient (Wildman–Crippen LogP) is 1.82. The topological polar surface area (TPSA) is 132 Å². The van der Waals surface area contributed by atoms with Crippen molar-refractivity contribution >= 4 is 17.5 Å². The van der Waals surface area contributed by atoms with Crippen LogP contribution in [0.15, 0.2) is 4.99 Å². The molecule has 6 N–H and O–H groups in total. The molecule has 45 heavy (non-hydrogen) atoms. The van der Waals surface area contributed by atoms with Crippen molar-refractivity contribution < 1.29 is 18.4 Å². The molecule has 5 heterocycles. The predicted molar refractivity (Wildman–Crippen MR) is 173 cm³/mol. The minimum Gasteiger partial charge on any atom is -0.350 e. The first-order chi connectivity index (χ1) is 21.7. The molecule has 5 aliphatic heterocycles. The van der Waals surface area contributed by atoms with Crippen LogP contribution in [0.4, 0.5) is 8.78 Å². The van der Waals surface area contributed by atoms with Gasteiger partial charge in [-0.25, -0.2) is 8.78 Å². The summed E-state index contributed by atoms with van der Waals surface area (Å²) in [5.74, 6) is -0.758. The SMILES string of the molecule is CCCCCC1CCCC(F)CN=C(C(C(=O)NC2CNCC(F)C2N2CCC(C(=O)N3CC(N4CCC4)C3)CC2)C(N)N)C1. The number of carbonyl (C=O) groups excluding carboxylic acids is 2.